The van der Waals surface area contributed by atoms with Crippen LogP contribution in [0.2, 0.25) is 0 Å². The number of esters is 1. The molecule has 0 unspecified atom stereocenters. The molecule has 0 atom stereocenters. The molecule has 0 heterocycles. The van der Waals surface area contributed by atoms with Crippen LogP contribution >= 0.6 is 0 Å². The van der Waals surface area contributed by atoms with Gasteiger partial charge in [0.05, 0.1) is 12.2 Å². The van der Waals surface area contributed by atoms with Gasteiger partial charge < -0.3 is 14.6 Å². The lowest BCUT2D eigenvalue weighted by Crippen LogP contribution is -2.05. The predicted molar refractivity (Wildman–Crippen MR) is 74.8 cm³/mol. The van der Waals surface area contributed by atoms with Gasteiger partial charge in [-0.3, -0.25) is 0 Å². The van der Waals surface area contributed by atoms with E-state index in [-0.39, 0.29) is 11.5 Å². The molecular weight excluding hydrogens is 256 g/mol. The quantitative estimate of drug-likeness (QED) is 0.849. The smallest absolute Gasteiger partial charge is 0.338 e. The first-order valence-corrected chi connectivity index (χ1v) is 6.37. The van der Waals surface area contributed by atoms with Crippen molar-refractivity contribution in [3.05, 3.63) is 59.7 Å². The number of ether oxygens (including phenoxy) is 2. The van der Waals surface area contributed by atoms with Crippen LogP contribution in [0, 0.1) is 0 Å². The number of aromatic hydroxyl groups is 1. The van der Waals surface area contributed by atoms with Crippen LogP contribution in [0.25, 0.3) is 0 Å². The van der Waals surface area contributed by atoms with Crippen molar-refractivity contribution < 1.29 is 19.4 Å². The highest BCUT2D eigenvalue weighted by molar-refractivity contribution is 5.90. The van der Waals surface area contributed by atoms with Gasteiger partial charge in [0.1, 0.15) is 6.61 Å². The maximum absolute atomic E-state index is 11.6. The van der Waals surface area contributed by atoms with E-state index in [1.165, 1.54) is 18.2 Å². The first-order valence-electron chi connectivity index (χ1n) is 6.37. The summed E-state index contributed by atoms with van der Waals surface area (Å²) in [6.45, 7) is 2.37. The van der Waals surface area contributed by atoms with E-state index in [1.54, 1.807) is 6.92 Å². The topological polar surface area (TPSA) is 55.8 Å². The minimum Gasteiger partial charge on any atom is -0.504 e. The third-order valence-corrected chi connectivity index (χ3v) is 2.71. The van der Waals surface area contributed by atoms with E-state index >= 15 is 0 Å². The van der Waals surface area contributed by atoms with Crippen LogP contribution in [0.3, 0.4) is 0 Å². The van der Waals surface area contributed by atoms with Crippen molar-refractivity contribution in [2.24, 2.45) is 0 Å². The van der Waals surface area contributed by atoms with Crippen LogP contribution in [0.15, 0.2) is 48.5 Å². The van der Waals surface area contributed by atoms with E-state index in [0.29, 0.717) is 18.8 Å². The lowest BCUT2D eigenvalue weighted by Gasteiger charge is -2.09. The Morgan fingerprint density at radius 1 is 1.15 bits per heavy atom. The number of hydrogen-bond acceptors (Lipinski definition) is 4. The molecule has 0 saturated carbocycles. The number of carbonyl (C=O) groups is 1. The highest BCUT2D eigenvalue weighted by Gasteiger charge is 2.11. The molecule has 0 saturated heterocycles. The van der Waals surface area contributed by atoms with Crippen LogP contribution in [0.4, 0.5) is 0 Å². The standard InChI is InChI=1S/C16H16O4/c1-2-19-16(18)13-8-9-14(17)15(10-13)20-11-12-6-4-3-5-7-12/h3-10,17H,2,11H2,1H3. The van der Waals surface area contributed by atoms with Crippen molar-refractivity contribution in [2.75, 3.05) is 6.61 Å². The third kappa shape index (κ3) is 3.51. The average molecular weight is 272 g/mol. The van der Waals surface area contributed by atoms with Gasteiger partial charge in [-0.2, -0.15) is 0 Å². The maximum atomic E-state index is 11.6. The summed E-state index contributed by atoms with van der Waals surface area (Å²) in [4.78, 5) is 11.6. The van der Waals surface area contributed by atoms with Gasteiger partial charge >= 0.3 is 5.97 Å². The molecule has 2 rings (SSSR count). The lowest BCUT2D eigenvalue weighted by molar-refractivity contribution is 0.0526. The molecule has 0 aliphatic rings. The summed E-state index contributed by atoms with van der Waals surface area (Å²) in [5.74, 6) is -0.176. The molecule has 2 aromatic rings. The molecule has 0 aliphatic carbocycles. The van der Waals surface area contributed by atoms with Crippen molar-refractivity contribution in [3.8, 4) is 11.5 Å². The van der Waals surface area contributed by atoms with Gasteiger partial charge in [0.25, 0.3) is 0 Å². The second kappa shape index (κ2) is 6.61. The Balaban J connectivity index is 2.10. The van der Waals surface area contributed by atoms with E-state index in [9.17, 15) is 9.90 Å². The van der Waals surface area contributed by atoms with Crippen LogP contribution in [-0.2, 0) is 11.3 Å². The summed E-state index contributed by atoms with van der Waals surface area (Å²) in [6, 6.07) is 14.0. The molecule has 0 aliphatic heterocycles. The van der Waals surface area contributed by atoms with Gasteiger partial charge in [-0.1, -0.05) is 30.3 Å². The van der Waals surface area contributed by atoms with Gasteiger partial charge in [0.15, 0.2) is 11.5 Å². The molecule has 0 spiro atoms. The van der Waals surface area contributed by atoms with E-state index in [4.69, 9.17) is 9.47 Å². The third-order valence-electron chi connectivity index (χ3n) is 2.71. The second-order valence-electron chi connectivity index (χ2n) is 4.18. The van der Waals surface area contributed by atoms with Crippen molar-refractivity contribution in [1.29, 1.82) is 0 Å². The van der Waals surface area contributed by atoms with Crippen LogP contribution < -0.4 is 4.74 Å². The Kier molecular flexibility index (Phi) is 4.60. The molecule has 20 heavy (non-hydrogen) atoms. The molecule has 4 nitrogen and oxygen atoms in total. The summed E-state index contributed by atoms with van der Waals surface area (Å²) < 4.78 is 10.4. The summed E-state index contributed by atoms with van der Waals surface area (Å²) in [7, 11) is 0. The van der Waals surface area contributed by atoms with Crippen molar-refractivity contribution >= 4 is 5.97 Å². The Morgan fingerprint density at radius 2 is 1.90 bits per heavy atom. The first-order chi connectivity index (χ1) is 9.70. The Bertz CT molecular complexity index is 578. The van der Waals surface area contributed by atoms with Crippen LogP contribution in [0.5, 0.6) is 11.5 Å². The first kappa shape index (κ1) is 13.9. The largest absolute Gasteiger partial charge is 0.504 e. The molecule has 0 aromatic heterocycles. The minimum absolute atomic E-state index is 0.00557. The molecule has 4 heteroatoms. The van der Waals surface area contributed by atoms with E-state index in [0.717, 1.165) is 5.56 Å². The predicted octanol–water partition coefficient (Wildman–Crippen LogP) is 3.15. The number of benzene rings is 2. The van der Waals surface area contributed by atoms with Gasteiger partial charge in [-0.15, -0.1) is 0 Å². The maximum Gasteiger partial charge on any atom is 0.338 e. The molecule has 0 radical (unpaired) electrons. The highest BCUT2D eigenvalue weighted by Crippen LogP contribution is 2.28. The monoisotopic (exact) mass is 272 g/mol. The van der Waals surface area contributed by atoms with Crippen molar-refractivity contribution in [3.63, 3.8) is 0 Å². The summed E-state index contributed by atoms with van der Waals surface area (Å²) in [6.07, 6.45) is 0. The average Bonchev–Trinajstić information content (AvgIpc) is 2.47. The number of carbonyl (C=O) groups excluding carboxylic acids is 1. The van der Waals surface area contributed by atoms with Gasteiger partial charge in [0.2, 0.25) is 0 Å². The minimum atomic E-state index is -0.433. The van der Waals surface area contributed by atoms with Gasteiger partial charge in [-0.25, -0.2) is 4.79 Å². The number of rotatable bonds is 5. The fraction of sp³-hybridized carbons (Fsp3) is 0.188. The van der Waals surface area contributed by atoms with Crippen molar-refractivity contribution in [1.82, 2.24) is 0 Å². The Morgan fingerprint density at radius 3 is 2.60 bits per heavy atom. The molecular formula is C16H16O4. The Hall–Kier alpha value is -2.49. The number of phenols is 1. The molecule has 0 bridgehead atoms. The van der Waals surface area contributed by atoms with Crippen LogP contribution in [-0.4, -0.2) is 17.7 Å². The summed E-state index contributed by atoms with van der Waals surface area (Å²) in [5.41, 5.74) is 1.33. The van der Waals surface area contributed by atoms with Crippen LogP contribution in [0.1, 0.15) is 22.8 Å². The molecule has 1 N–H and O–H groups in total. The summed E-state index contributed by atoms with van der Waals surface area (Å²) >= 11 is 0. The second-order valence-corrected chi connectivity index (χ2v) is 4.18. The molecule has 0 amide bonds. The summed E-state index contributed by atoms with van der Waals surface area (Å²) in [5, 5.41) is 9.75. The molecule has 2 aromatic carbocycles. The highest BCUT2D eigenvalue weighted by atomic mass is 16.5. The zero-order valence-corrected chi connectivity index (χ0v) is 11.2. The molecule has 0 fully saturated rings. The SMILES string of the molecule is CCOC(=O)c1ccc(O)c(OCc2ccccc2)c1. The van der Waals surface area contributed by atoms with Gasteiger partial charge in [0, 0.05) is 0 Å². The normalized spacial score (nSPS) is 10.1. The van der Waals surface area contributed by atoms with E-state index < -0.39 is 5.97 Å². The van der Waals surface area contributed by atoms with E-state index in [2.05, 4.69) is 0 Å². The number of hydrogen-bond donors (Lipinski definition) is 1. The lowest BCUT2D eigenvalue weighted by atomic mass is 10.2. The number of phenolic OH excluding ortho intramolecular Hbond substituents is 1. The molecule has 104 valence electrons. The zero-order chi connectivity index (χ0) is 14.4. The zero-order valence-electron chi connectivity index (χ0n) is 11.2. The fourth-order valence-electron chi connectivity index (χ4n) is 1.71. The Labute approximate surface area is 117 Å². The van der Waals surface area contributed by atoms with Crippen molar-refractivity contribution in [2.45, 2.75) is 13.5 Å². The van der Waals surface area contributed by atoms with E-state index in [1.807, 2.05) is 30.3 Å². The van der Waals surface area contributed by atoms with Gasteiger partial charge in [-0.05, 0) is 30.7 Å². The fourth-order valence-corrected chi connectivity index (χ4v) is 1.71.